The molecule has 9 heteroatoms. The van der Waals surface area contributed by atoms with Crippen molar-refractivity contribution in [1.29, 1.82) is 0 Å². The van der Waals surface area contributed by atoms with Crippen LogP contribution in [0.1, 0.15) is 15.9 Å². The molecule has 1 heterocycles. The Kier molecular flexibility index (Phi) is 4.71. The molecule has 0 aliphatic heterocycles. The average molecular weight is 389 g/mol. The standard InChI is InChI=1S/C18H16FN3O4S/c1-11-3-8-15(19)16(9-11)27(25,26)21-13-6-4-12(5-7-13)17-14(18(23)24)10-22(2)20-17/h3-10,21H,1-2H3,(H,23,24). The Bertz CT molecular complexity index is 1120. The van der Waals surface area contributed by atoms with Gasteiger partial charge in [0.2, 0.25) is 0 Å². The summed E-state index contributed by atoms with van der Waals surface area (Å²) in [5.74, 6) is -1.96. The summed E-state index contributed by atoms with van der Waals surface area (Å²) < 4.78 is 42.5. The third-order valence-electron chi connectivity index (χ3n) is 3.85. The van der Waals surface area contributed by atoms with Gasteiger partial charge in [-0.1, -0.05) is 18.2 Å². The van der Waals surface area contributed by atoms with Crippen LogP contribution in [0.3, 0.4) is 0 Å². The van der Waals surface area contributed by atoms with Crippen LogP contribution in [0, 0.1) is 12.7 Å². The van der Waals surface area contributed by atoms with Crippen LogP contribution in [-0.2, 0) is 17.1 Å². The lowest BCUT2D eigenvalue weighted by molar-refractivity contribution is 0.0697. The molecule has 0 fully saturated rings. The quantitative estimate of drug-likeness (QED) is 0.698. The average Bonchev–Trinajstić information content (AvgIpc) is 2.99. The fraction of sp³-hybridized carbons (Fsp3) is 0.111. The number of hydrogen-bond donors (Lipinski definition) is 2. The van der Waals surface area contributed by atoms with Gasteiger partial charge in [0.25, 0.3) is 10.0 Å². The van der Waals surface area contributed by atoms with E-state index in [0.717, 1.165) is 6.07 Å². The van der Waals surface area contributed by atoms with Crippen molar-refractivity contribution in [3.63, 3.8) is 0 Å². The summed E-state index contributed by atoms with van der Waals surface area (Å²) in [6.07, 6.45) is 1.38. The van der Waals surface area contributed by atoms with Gasteiger partial charge in [0.15, 0.2) is 0 Å². The maximum atomic E-state index is 13.9. The van der Waals surface area contributed by atoms with E-state index in [2.05, 4.69) is 9.82 Å². The minimum Gasteiger partial charge on any atom is -0.478 e. The molecule has 27 heavy (non-hydrogen) atoms. The molecule has 0 saturated heterocycles. The third-order valence-corrected chi connectivity index (χ3v) is 5.24. The van der Waals surface area contributed by atoms with E-state index >= 15 is 0 Å². The normalized spacial score (nSPS) is 11.4. The lowest BCUT2D eigenvalue weighted by atomic mass is 10.1. The van der Waals surface area contributed by atoms with E-state index in [4.69, 9.17) is 0 Å². The summed E-state index contributed by atoms with van der Waals surface area (Å²) in [7, 11) is -2.49. The maximum Gasteiger partial charge on any atom is 0.339 e. The molecule has 0 unspecified atom stereocenters. The summed E-state index contributed by atoms with van der Waals surface area (Å²) in [6, 6.07) is 9.83. The molecule has 0 amide bonds. The molecule has 1 aromatic heterocycles. The van der Waals surface area contributed by atoms with E-state index in [0.29, 0.717) is 11.1 Å². The zero-order valence-electron chi connectivity index (χ0n) is 14.5. The first-order valence-corrected chi connectivity index (χ1v) is 9.32. The topological polar surface area (TPSA) is 101 Å². The number of sulfonamides is 1. The molecular weight excluding hydrogens is 373 g/mol. The molecule has 140 valence electrons. The Morgan fingerprint density at radius 2 is 1.85 bits per heavy atom. The SMILES string of the molecule is Cc1ccc(F)c(S(=O)(=O)Nc2ccc(-c3nn(C)cc3C(=O)O)cc2)c1. The molecule has 0 aliphatic carbocycles. The van der Waals surface area contributed by atoms with Gasteiger partial charge < -0.3 is 5.11 Å². The summed E-state index contributed by atoms with van der Waals surface area (Å²) >= 11 is 0. The van der Waals surface area contributed by atoms with Crippen molar-refractivity contribution in [3.05, 3.63) is 65.6 Å². The first kappa shape index (κ1) is 18.6. The molecule has 0 bridgehead atoms. The largest absolute Gasteiger partial charge is 0.478 e. The second-order valence-electron chi connectivity index (χ2n) is 5.99. The van der Waals surface area contributed by atoms with Gasteiger partial charge in [0.05, 0.1) is 0 Å². The molecule has 0 atom stereocenters. The van der Waals surface area contributed by atoms with Crippen LogP contribution < -0.4 is 4.72 Å². The molecule has 0 saturated carbocycles. The molecule has 0 radical (unpaired) electrons. The van der Waals surface area contributed by atoms with Crippen LogP contribution in [0.2, 0.25) is 0 Å². The maximum absolute atomic E-state index is 13.9. The van der Waals surface area contributed by atoms with Crippen LogP contribution in [0.4, 0.5) is 10.1 Å². The van der Waals surface area contributed by atoms with E-state index in [1.54, 1.807) is 26.1 Å². The first-order chi connectivity index (χ1) is 12.7. The number of benzene rings is 2. The van der Waals surface area contributed by atoms with Crippen molar-refractivity contribution in [2.45, 2.75) is 11.8 Å². The molecule has 3 rings (SSSR count). The highest BCUT2D eigenvalue weighted by atomic mass is 32.2. The van der Waals surface area contributed by atoms with Crippen LogP contribution in [0.25, 0.3) is 11.3 Å². The number of aromatic carboxylic acids is 1. The Morgan fingerprint density at radius 1 is 1.19 bits per heavy atom. The molecule has 0 aliphatic rings. The highest BCUT2D eigenvalue weighted by molar-refractivity contribution is 7.92. The number of aromatic nitrogens is 2. The van der Waals surface area contributed by atoms with E-state index in [-0.39, 0.29) is 16.9 Å². The monoisotopic (exact) mass is 389 g/mol. The first-order valence-electron chi connectivity index (χ1n) is 7.84. The highest BCUT2D eigenvalue weighted by Gasteiger charge is 2.20. The zero-order valence-corrected chi connectivity index (χ0v) is 15.3. The van der Waals surface area contributed by atoms with Gasteiger partial charge in [-0.3, -0.25) is 9.40 Å². The van der Waals surface area contributed by atoms with Crippen LogP contribution in [0.5, 0.6) is 0 Å². The number of anilines is 1. The second-order valence-corrected chi connectivity index (χ2v) is 7.64. The Balaban J connectivity index is 1.90. The second kappa shape index (κ2) is 6.84. The number of hydrogen-bond acceptors (Lipinski definition) is 4. The number of halogens is 1. The van der Waals surface area contributed by atoms with Crippen molar-refractivity contribution in [2.75, 3.05) is 4.72 Å². The number of nitrogens with one attached hydrogen (secondary N) is 1. The number of carboxylic acids is 1. The molecule has 7 nitrogen and oxygen atoms in total. The molecule has 3 aromatic rings. The van der Waals surface area contributed by atoms with Gasteiger partial charge in [0, 0.05) is 24.5 Å². The van der Waals surface area contributed by atoms with Gasteiger partial charge in [-0.2, -0.15) is 5.10 Å². The number of nitrogens with zero attached hydrogens (tertiary/aromatic N) is 2. The number of carboxylic acid groups (broad SMARTS) is 1. The van der Waals surface area contributed by atoms with Gasteiger partial charge in [-0.25, -0.2) is 17.6 Å². The predicted molar refractivity (Wildman–Crippen MR) is 97.5 cm³/mol. The Hall–Kier alpha value is -3.20. The summed E-state index contributed by atoms with van der Waals surface area (Å²) in [5.41, 5.74) is 1.64. The smallest absolute Gasteiger partial charge is 0.339 e. The lowest BCUT2D eigenvalue weighted by Gasteiger charge is -2.10. The van der Waals surface area contributed by atoms with E-state index in [9.17, 15) is 22.7 Å². The van der Waals surface area contributed by atoms with Crippen LogP contribution in [-0.4, -0.2) is 29.3 Å². The number of aryl methyl sites for hydroxylation is 2. The fourth-order valence-corrected chi connectivity index (χ4v) is 3.80. The summed E-state index contributed by atoms with van der Waals surface area (Å²) in [6.45, 7) is 1.67. The number of rotatable bonds is 5. The van der Waals surface area contributed by atoms with Crippen molar-refractivity contribution in [2.24, 2.45) is 7.05 Å². The van der Waals surface area contributed by atoms with Crippen molar-refractivity contribution < 1.29 is 22.7 Å². The molecular formula is C18H16FN3O4S. The third kappa shape index (κ3) is 3.82. The van der Waals surface area contributed by atoms with Gasteiger partial charge in [0.1, 0.15) is 22.0 Å². The lowest BCUT2D eigenvalue weighted by Crippen LogP contribution is -2.14. The highest BCUT2D eigenvalue weighted by Crippen LogP contribution is 2.25. The van der Waals surface area contributed by atoms with E-state index < -0.39 is 26.7 Å². The van der Waals surface area contributed by atoms with Gasteiger partial charge >= 0.3 is 5.97 Å². The predicted octanol–water partition coefficient (Wildman–Crippen LogP) is 3.03. The molecule has 2 aromatic carbocycles. The number of carbonyl (C=O) groups is 1. The van der Waals surface area contributed by atoms with Crippen molar-refractivity contribution >= 4 is 21.7 Å². The summed E-state index contributed by atoms with van der Waals surface area (Å²) in [4.78, 5) is 10.9. The molecule has 2 N–H and O–H groups in total. The van der Waals surface area contributed by atoms with Gasteiger partial charge in [-0.15, -0.1) is 0 Å². The minimum absolute atomic E-state index is 0.0349. The Morgan fingerprint density at radius 3 is 2.48 bits per heavy atom. The van der Waals surface area contributed by atoms with Crippen molar-refractivity contribution in [1.82, 2.24) is 9.78 Å². The van der Waals surface area contributed by atoms with Crippen molar-refractivity contribution in [3.8, 4) is 11.3 Å². The molecule has 0 spiro atoms. The minimum atomic E-state index is -4.10. The fourth-order valence-electron chi connectivity index (χ4n) is 2.58. The van der Waals surface area contributed by atoms with Gasteiger partial charge in [-0.05, 0) is 36.8 Å². The summed E-state index contributed by atoms with van der Waals surface area (Å²) in [5, 5.41) is 13.4. The zero-order chi connectivity index (χ0) is 19.8. The Labute approximate surface area is 155 Å². The van der Waals surface area contributed by atoms with Crippen LogP contribution in [0.15, 0.2) is 53.6 Å². The van der Waals surface area contributed by atoms with E-state index in [1.165, 1.54) is 35.1 Å². The van der Waals surface area contributed by atoms with Crippen LogP contribution >= 0.6 is 0 Å². The van der Waals surface area contributed by atoms with E-state index in [1.807, 2.05) is 0 Å².